The Labute approximate surface area is 99.4 Å². The summed E-state index contributed by atoms with van der Waals surface area (Å²) in [7, 11) is -2.02. The molecule has 0 aliphatic carbocycles. The summed E-state index contributed by atoms with van der Waals surface area (Å²) in [5.41, 5.74) is 0. The number of nitrogens with zero attached hydrogens (tertiary/aromatic N) is 3. The van der Waals surface area contributed by atoms with Crippen molar-refractivity contribution >= 4 is 10.0 Å². The monoisotopic (exact) mass is 261 g/mol. The van der Waals surface area contributed by atoms with Crippen LogP contribution in [-0.4, -0.2) is 57.8 Å². The lowest BCUT2D eigenvalue weighted by atomic mass is 10.3. The Bertz CT molecular complexity index is 495. The fourth-order valence-corrected chi connectivity index (χ4v) is 3.22. The van der Waals surface area contributed by atoms with Crippen LogP contribution in [0.4, 0.5) is 0 Å². The summed E-state index contributed by atoms with van der Waals surface area (Å²) in [6, 6.07) is 0. The Kier molecular flexibility index (Phi) is 2.98. The Morgan fingerprint density at radius 1 is 1.35 bits per heavy atom. The molecule has 1 aliphatic rings. The largest absolute Gasteiger partial charge is 0.389 e. The molecular weight excluding hydrogens is 246 g/mol. The molecule has 2 atom stereocenters. The van der Waals surface area contributed by atoms with Crippen LogP contribution in [0.1, 0.15) is 5.82 Å². The number of aryl methyl sites for hydroxylation is 2. The number of aliphatic hydroxyl groups is 2. The molecule has 1 aliphatic heterocycles. The third-order valence-corrected chi connectivity index (χ3v) is 4.62. The van der Waals surface area contributed by atoms with E-state index in [0.29, 0.717) is 5.82 Å². The van der Waals surface area contributed by atoms with Gasteiger partial charge in [0.2, 0.25) is 0 Å². The Morgan fingerprint density at radius 2 is 1.88 bits per heavy atom. The number of imidazole rings is 1. The molecule has 0 radical (unpaired) electrons. The first kappa shape index (κ1) is 12.5. The zero-order valence-electron chi connectivity index (χ0n) is 9.61. The van der Waals surface area contributed by atoms with Gasteiger partial charge in [-0.1, -0.05) is 0 Å². The quantitative estimate of drug-likeness (QED) is 0.672. The van der Waals surface area contributed by atoms with Crippen molar-refractivity contribution in [3.05, 3.63) is 12.0 Å². The molecule has 0 saturated carbocycles. The van der Waals surface area contributed by atoms with Gasteiger partial charge in [0.05, 0.1) is 12.2 Å². The van der Waals surface area contributed by atoms with Gasteiger partial charge in [-0.25, -0.2) is 13.4 Å². The first-order valence-electron chi connectivity index (χ1n) is 5.18. The van der Waals surface area contributed by atoms with Crippen molar-refractivity contribution in [2.24, 2.45) is 7.05 Å². The highest BCUT2D eigenvalue weighted by atomic mass is 32.2. The number of aromatic nitrogens is 2. The minimum atomic E-state index is -3.72. The van der Waals surface area contributed by atoms with E-state index in [-0.39, 0.29) is 18.1 Å². The summed E-state index contributed by atoms with van der Waals surface area (Å²) in [5.74, 6) is 0.587. The maximum atomic E-state index is 12.1. The molecule has 2 heterocycles. The van der Waals surface area contributed by atoms with E-state index in [9.17, 15) is 18.6 Å². The van der Waals surface area contributed by atoms with Crippen LogP contribution in [0.5, 0.6) is 0 Å². The van der Waals surface area contributed by atoms with Gasteiger partial charge in [0.1, 0.15) is 5.82 Å². The Balaban J connectivity index is 2.31. The lowest BCUT2D eigenvalue weighted by molar-refractivity contribution is 0.0572. The van der Waals surface area contributed by atoms with Gasteiger partial charge >= 0.3 is 0 Å². The van der Waals surface area contributed by atoms with Crippen molar-refractivity contribution in [1.82, 2.24) is 13.9 Å². The maximum absolute atomic E-state index is 12.1. The van der Waals surface area contributed by atoms with Crippen molar-refractivity contribution in [3.8, 4) is 0 Å². The van der Waals surface area contributed by atoms with E-state index in [2.05, 4.69) is 4.98 Å². The highest BCUT2D eigenvalue weighted by Gasteiger charge is 2.38. The third kappa shape index (κ3) is 2.08. The molecule has 0 bridgehead atoms. The van der Waals surface area contributed by atoms with Crippen LogP contribution in [0.3, 0.4) is 0 Å². The average molecular weight is 261 g/mol. The zero-order valence-corrected chi connectivity index (χ0v) is 10.4. The predicted octanol–water partition coefficient (Wildman–Crippen LogP) is -1.55. The van der Waals surface area contributed by atoms with Crippen molar-refractivity contribution in [2.75, 3.05) is 13.1 Å². The average Bonchev–Trinajstić information content (AvgIpc) is 2.74. The summed E-state index contributed by atoms with van der Waals surface area (Å²) in [6.07, 6.45) is -0.647. The molecule has 7 nitrogen and oxygen atoms in total. The topological polar surface area (TPSA) is 95.7 Å². The predicted molar refractivity (Wildman–Crippen MR) is 58.7 cm³/mol. The van der Waals surface area contributed by atoms with E-state index in [1.165, 1.54) is 6.20 Å². The number of hydrogen-bond acceptors (Lipinski definition) is 5. The highest BCUT2D eigenvalue weighted by Crippen LogP contribution is 2.20. The molecule has 0 unspecified atom stereocenters. The minimum absolute atomic E-state index is 0.0567. The van der Waals surface area contributed by atoms with Crippen LogP contribution in [0.2, 0.25) is 0 Å². The van der Waals surface area contributed by atoms with Crippen LogP contribution in [0.25, 0.3) is 0 Å². The summed E-state index contributed by atoms with van der Waals surface area (Å²) in [5, 5.41) is 18.7. The van der Waals surface area contributed by atoms with E-state index in [0.717, 1.165) is 4.31 Å². The molecule has 0 spiro atoms. The van der Waals surface area contributed by atoms with Gasteiger partial charge in [-0.3, -0.25) is 0 Å². The molecule has 17 heavy (non-hydrogen) atoms. The zero-order chi connectivity index (χ0) is 12.8. The van der Waals surface area contributed by atoms with Crippen molar-refractivity contribution in [1.29, 1.82) is 0 Å². The van der Waals surface area contributed by atoms with Gasteiger partial charge in [0.25, 0.3) is 10.0 Å². The highest BCUT2D eigenvalue weighted by molar-refractivity contribution is 7.89. The van der Waals surface area contributed by atoms with Gasteiger partial charge < -0.3 is 14.8 Å². The van der Waals surface area contributed by atoms with Crippen LogP contribution in [0, 0.1) is 6.92 Å². The van der Waals surface area contributed by atoms with Crippen LogP contribution < -0.4 is 0 Å². The summed E-state index contributed by atoms with van der Waals surface area (Å²) in [6.45, 7) is 1.50. The first-order valence-corrected chi connectivity index (χ1v) is 6.62. The fourth-order valence-electron chi connectivity index (χ4n) is 1.71. The Morgan fingerprint density at radius 3 is 2.29 bits per heavy atom. The van der Waals surface area contributed by atoms with Gasteiger partial charge in [-0.05, 0) is 6.92 Å². The molecule has 1 saturated heterocycles. The molecule has 0 aromatic carbocycles. The van der Waals surface area contributed by atoms with Crippen molar-refractivity contribution in [2.45, 2.75) is 24.2 Å². The lowest BCUT2D eigenvalue weighted by Gasteiger charge is -2.12. The van der Waals surface area contributed by atoms with Crippen molar-refractivity contribution in [3.63, 3.8) is 0 Å². The van der Waals surface area contributed by atoms with Gasteiger partial charge in [0.15, 0.2) is 5.03 Å². The molecule has 2 N–H and O–H groups in total. The SMILES string of the molecule is Cc1nc(S(=O)(=O)N2C[C@@H](O)[C@@H](O)C2)cn1C. The van der Waals surface area contributed by atoms with Crippen LogP contribution >= 0.6 is 0 Å². The van der Waals surface area contributed by atoms with Crippen LogP contribution in [-0.2, 0) is 17.1 Å². The second-order valence-corrected chi connectivity index (χ2v) is 6.08. The second kappa shape index (κ2) is 4.05. The third-order valence-electron chi connectivity index (χ3n) is 2.92. The lowest BCUT2D eigenvalue weighted by Crippen LogP contribution is -2.30. The number of rotatable bonds is 2. The molecule has 1 aromatic rings. The van der Waals surface area contributed by atoms with Gasteiger partial charge in [0, 0.05) is 26.3 Å². The molecule has 2 rings (SSSR count). The standard InChI is InChI=1S/C9H15N3O4S/c1-6-10-9(5-11(6)2)17(15,16)12-3-7(13)8(14)4-12/h5,7-8,13-14H,3-4H2,1-2H3/t7-,8+. The summed E-state index contributed by atoms with van der Waals surface area (Å²) in [4.78, 5) is 3.95. The van der Waals surface area contributed by atoms with E-state index in [4.69, 9.17) is 0 Å². The maximum Gasteiger partial charge on any atom is 0.262 e. The number of aliphatic hydroxyl groups excluding tert-OH is 2. The molecule has 1 fully saturated rings. The molecule has 96 valence electrons. The summed E-state index contributed by atoms with van der Waals surface area (Å²) < 4.78 is 26.9. The van der Waals surface area contributed by atoms with Crippen molar-refractivity contribution < 1.29 is 18.6 Å². The van der Waals surface area contributed by atoms with E-state index in [1.807, 2.05) is 0 Å². The van der Waals surface area contributed by atoms with E-state index in [1.54, 1.807) is 18.5 Å². The minimum Gasteiger partial charge on any atom is -0.389 e. The number of hydrogen-bond donors (Lipinski definition) is 2. The number of sulfonamides is 1. The Hall–Kier alpha value is -0.960. The fraction of sp³-hybridized carbons (Fsp3) is 0.667. The second-order valence-electron chi connectivity index (χ2n) is 4.19. The molecular formula is C9H15N3O4S. The van der Waals surface area contributed by atoms with E-state index >= 15 is 0 Å². The first-order chi connectivity index (χ1) is 7.82. The number of β-amino-alcohol motifs (C(OH)–C–C–N with tert-alkyl or cyclic N) is 2. The summed E-state index contributed by atoms with van der Waals surface area (Å²) >= 11 is 0. The van der Waals surface area contributed by atoms with E-state index < -0.39 is 22.2 Å². The van der Waals surface area contributed by atoms with Crippen LogP contribution in [0.15, 0.2) is 11.2 Å². The smallest absolute Gasteiger partial charge is 0.262 e. The normalized spacial score (nSPS) is 26.6. The van der Waals surface area contributed by atoms with Gasteiger partial charge in [-0.15, -0.1) is 0 Å². The molecule has 1 aromatic heterocycles. The molecule has 8 heteroatoms. The molecule has 0 amide bonds. The van der Waals surface area contributed by atoms with Gasteiger partial charge in [-0.2, -0.15) is 4.31 Å².